The minimum atomic E-state index is -0.900. The zero-order valence-corrected chi connectivity index (χ0v) is 10.1. The molecule has 0 aromatic heterocycles. The van der Waals surface area contributed by atoms with Crippen LogP contribution in [0.3, 0.4) is 0 Å². The molecular weight excluding hydrogens is 224 g/mol. The molecule has 17 heavy (non-hydrogen) atoms. The van der Waals surface area contributed by atoms with E-state index >= 15 is 0 Å². The molecule has 0 radical (unpaired) electrons. The molecule has 1 aromatic carbocycles. The fraction of sp³-hybridized carbons (Fsp3) is 0.538. The molecular formula is C13H19F2NO. The predicted octanol–water partition coefficient (Wildman–Crippen LogP) is 3.12. The lowest BCUT2D eigenvalue weighted by molar-refractivity contribution is 0.285. The van der Waals surface area contributed by atoms with E-state index in [-0.39, 0.29) is 5.75 Å². The van der Waals surface area contributed by atoms with Crippen molar-refractivity contribution in [1.82, 2.24) is 5.32 Å². The van der Waals surface area contributed by atoms with Crippen molar-refractivity contribution >= 4 is 0 Å². The predicted molar refractivity (Wildman–Crippen MR) is 64.2 cm³/mol. The van der Waals surface area contributed by atoms with E-state index in [0.717, 1.165) is 38.3 Å². The van der Waals surface area contributed by atoms with Crippen molar-refractivity contribution < 1.29 is 13.5 Å². The number of rotatable bonds is 8. The summed E-state index contributed by atoms with van der Waals surface area (Å²) in [5.74, 6) is -1.76. The monoisotopic (exact) mass is 243 g/mol. The molecule has 0 heterocycles. The molecule has 1 aromatic rings. The maximum absolute atomic E-state index is 13.2. The van der Waals surface area contributed by atoms with Crippen LogP contribution in [0.25, 0.3) is 0 Å². The summed E-state index contributed by atoms with van der Waals surface area (Å²) in [5.41, 5.74) is 0. The van der Waals surface area contributed by atoms with Crippen molar-refractivity contribution in [1.29, 1.82) is 0 Å². The van der Waals surface area contributed by atoms with E-state index in [0.29, 0.717) is 6.61 Å². The minimum absolute atomic E-state index is 0.000208. The van der Waals surface area contributed by atoms with Crippen molar-refractivity contribution in [3.8, 4) is 5.75 Å². The zero-order valence-electron chi connectivity index (χ0n) is 10.1. The molecule has 0 bridgehead atoms. The summed E-state index contributed by atoms with van der Waals surface area (Å²) in [4.78, 5) is 0. The van der Waals surface area contributed by atoms with Crippen LogP contribution in [0.15, 0.2) is 18.2 Å². The Balaban J connectivity index is 2.16. The second-order valence-electron chi connectivity index (χ2n) is 3.92. The third-order valence-electron chi connectivity index (χ3n) is 2.49. The second-order valence-corrected chi connectivity index (χ2v) is 3.92. The minimum Gasteiger partial charge on any atom is -0.490 e. The maximum atomic E-state index is 13.2. The Bertz CT molecular complexity index is 331. The molecule has 1 N–H and O–H groups in total. The number of hydrogen-bond donors (Lipinski definition) is 1. The fourth-order valence-electron chi connectivity index (χ4n) is 1.54. The first kappa shape index (κ1) is 13.9. The van der Waals surface area contributed by atoms with E-state index in [1.165, 1.54) is 12.1 Å². The molecule has 0 atom stereocenters. The van der Waals surface area contributed by atoms with Gasteiger partial charge in [-0.1, -0.05) is 18.9 Å². The van der Waals surface area contributed by atoms with Crippen LogP contribution in [0.2, 0.25) is 0 Å². The van der Waals surface area contributed by atoms with Gasteiger partial charge in [-0.2, -0.15) is 4.39 Å². The average Bonchev–Trinajstić information content (AvgIpc) is 2.33. The van der Waals surface area contributed by atoms with Crippen LogP contribution in [-0.4, -0.2) is 20.2 Å². The molecule has 4 heteroatoms. The number of hydrogen-bond acceptors (Lipinski definition) is 2. The smallest absolute Gasteiger partial charge is 0.200 e. The number of halogens is 2. The van der Waals surface area contributed by atoms with Crippen LogP contribution >= 0.6 is 0 Å². The molecule has 0 aliphatic rings. The Hall–Kier alpha value is -1.16. The van der Waals surface area contributed by atoms with E-state index < -0.39 is 11.6 Å². The highest BCUT2D eigenvalue weighted by Crippen LogP contribution is 2.19. The first-order valence-electron chi connectivity index (χ1n) is 5.97. The van der Waals surface area contributed by atoms with Gasteiger partial charge in [0.2, 0.25) is 5.82 Å². The first-order valence-corrected chi connectivity index (χ1v) is 5.97. The lowest BCUT2D eigenvalue weighted by atomic mass is 10.2. The molecule has 0 spiro atoms. The molecule has 0 aliphatic heterocycles. The SMILES string of the molecule is CNCCCCCCOc1cccc(F)c1F. The van der Waals surface area contributed by atoms with Crippen molar-refractivity contribution in [3.63, 3.8) is 0 Å². The van der Waals surface area contributed by atoms with Gasteiger partial charge in [-0.05, 0) is 38.6 Å². The summed E-state index contributed by atoms with van der Waals surface area (Å²) in [5, 5.41) is 3.08. The highest BCUT2D eigenvalue weighted by molar-refractivity contribution is 5.24. The topological polar surface area (TPSA) is 21.3 Å². The Morgan fingerprint density at radius 3 is 2.65 bits per heavy atom. The van der Waals surface area contributed by atoms with E-state index in [4.69, 9.17) is 4.74 Å². The van der Waals surface area contributed by atoms with Crippen LogP contribution in [0.1, 0.15) is 25.7 Å². The first-order chi connectivity index (χ1) is 8.25. The normalized spacial score (nSPS) is 10.5. The van der Waals surface area contributed by atoms with Crippen LogP contribution in [-0.2, 0) is 0 Å². The Morgan fingerprint density at radius 2 is 1.88 bits per heavy atom. The molecule has 96 valence electrons. The summed E-state index contributed by atoms with van der Waals surface area (Å²) in [6.07, 6.45) is 4.15. The van der Waals surface area contributed by atoms with Gasteiger partial charge in [0.15, 0.2) is 11.6 Å². The van der Waals surface area contributed by atoms with Gasteiger partial charge in [0, 0.05) is 0 Å². The fourth-order valence-corrected chi connectivity index (χ4v) is 1.54. The van der Waals surface area contributed by atoms with Crippen LogP contribution < -0.4 is 10.1 Å². The van der Waals surface area contributed by atoms with Crippen molar-refractivity contribution in [2.45, 2.75) is 25.7 Å². The van der Waals surface area contributed by atoms with Crippen molar-refractivity contribution in [2.24, 2.45) is 0 Å². The van der Waals surface area contributed by atoms with Gasteiger partial charge in [-0.15, -0.1) is 0 Å². The van der Waals surface area contributed by atoms with Gasteiger partial charge >= 0.3 is 0 Å². The third kappa shape index (κ3) is 5.13. The lowest BCUT2D eigenvalue weighted by Gasteiger charge is -2.07. The van der Waals surface area contributed by atoms with E-state index in [2.05, 4.69) is 5.32 Å². The molecule has 0 fully saturated rings. The molecule has 0 unspecified atom stereocenters. The van der Waals surface area contributed by atoms with Crippen molar-refractivity contribution in [2.75, 3.05) is 20.2 Å². The highest BCUT2D eigenvalue weighted by Gasteiger charge is 2.07. The van der Waals surface area contributed by atoms with Gasteiger partial charge in [-0.3, -0.25) is 0 Å². The molecule has 0 aliphatic carbocycles. The molecule has 0 saturated heterocycles. The van der Waals surface area contributed by atoms with Gasteiger partial charge in [0.25, 0.3) is 0 Å². The lowest BCUT2D eigenvalue weighted by Crippen LogP contribution is -2.07. The van der Waals surface area contributed by atoms with Crippen LogP contribution in [0.4, 0.5) is 8.78 Å². The number of ether oxygens (including phenoxy) is 1. The Labute approximate surface area is 101 Å². The quantitative estimate of drug-likeness (QED) is 0.708. The second kappa shape index (κ2) is 8.01. The third-order valence-corrected chi connectivity index (χ3v) is 2.49. The Kier molecular flexibility index (Phi) is 6.55. The molecule has 0 amide bonds. The van der Waals surface area contributed by atoms with Crippen molar-refractivity contribution in [3.05, 3.63) is 29.8 Å². The van der Waals surface area contributed by atoms with E-state index in [1.807, 2.05) is 7.05 Å². The molecule has 0 saturated carbocycles. The summed E-state index contributed by atoms with van der Waals surface area (Å²) in [6.45, 7) is 1.44. The van der Waals surface area contributed by atoms with Gasteiger partial charge in [0.05, 0.1) is 6.61 Å². The van der Waals surface area contributed by atoms with E-state index in [9.17, 15) is 8.78 Å². The van der Waals surface area contributed by atoms with E-state index in [1.54, 1.807) is 0 Å². The van der Waals surface area contributed by atoms with Gasteiger partial charge in [-0.25, -0.2) is 4.39 Å². The Morgan fingerprint density at radius 1 is 1.12 bits per heavy atom. The average molecular weight is 243 g/mol. The molecule has 1 rings (SSSR count). The van der Waals surface area contributed by atoms with Crippen LogP contribution in [0, 0.1) is 11.6 Å². The summed E-state index contributed by atoms with van der Waals surface area (Å²) in [6, 6.07) is 3.97. The largest absolute Gasteiger partial charge is 0.490 e. The van der Waals surface area contributed by atoms with Gasteiger partial charge < -0.3 is 10.1 Å². The standard InChI is InChI=1S/C13H19F2NO/c1-16-9-4-2-3-5-10-17-12-8-6-7-11(14)13(12)15/h6-8,16H,2-5,9-10H2,1H3. The summed E-state index contributed by atoms with van der Waals surface area (Å²) >= 11 is 0. The zero-order chi connectivity index (χ0) is 12.5. The summed E-state index contributed by atoms with van der Waals surface area (Å²) in [7, 11) is 1.93. The number of benzene rings is 1. The highest BCUT2D eigenvalue weighted by atomic mass is 19.2. The summed E-state index contributed by atoms with van der Waals surface area (Å²) < 4.78 is 31.2. The van der Waals surface area contributed by atoms with Gasteiger partial charge in [0.1, 0.15) is 0 Å². The number of nitrogens with one attached hydrogen (secondary N) is 1. The molecule has 2 nitrogen and oxygen atoms in total. The maximum Gasteiger partial charge on any atom is 0.200 e. The number of unbranched alkanes of at least 4 members (excludes halogenated alkanes) is 3. The van der Waals surface area contributed by atoms with Crippen LogP contribution in [0.5, 0.6) is 5.75 Å².